The molecule has 0 atom stereocenters. The van der Waals surface area contributed by atoms with Gasteiger partial charge in [0.1, 0.15) is 18.2 Å². The van der Waals surface area contributed by atoms with Crippen molar-refractivity contribution in [2.24, 2.45) is 0 Å². The molecular weight excluding hydrogens is 452 g/mol. The SMILES string of the molecule is CCOc1cc(/C=C(/C#N)C(=O)N(C)C)cc(Br)c1OCc1ccc2c(c1)OCO2. The molecule has 1 aliphatic rings. The lowest BCUT2D eigenvalue weighted by Gasteiger charge is -2.15. The Labute approximate surface area is 183 Å². The Hall–Kier alpha value is -3.18. The number of benzene rings is 2. The van der Waals surface area contributed by atoms with Crippen LogP contribution in [0.1, 0.15) is 18.1 Å². The third-order valence-corrected chi connectivity index (χ3v) is 4.81. The molecular formula is C22H21BrN2O5. The van der Waals surface area contributed by atoms with Gasteiger partial charge in [-0.15, -0.1) is 0 Å². The monoisotopic (exact) mass is 472 g/mol. The highest BCUT2D eigenvalue weighted by Gasteiger charge is 2.17. The van der Waals surface area contributed by atoms with Gasteiger partial charge >= 0.3 is 0 Å². The minimum absolute atomic E-state index is 0.0309. The number of nitrogens with zero attached hydrogens (tertiary/aromatic N) is 2. The summed E-state index contributed by atoms with van der Waals surface area (Å²) in [7, 11) is 3.20. The van der Waals surface area contributed by atoms with E-state index in [1.165, 1.54) is 11.0 Å². The van der Waals surface area contributed by atoms with Gasteiger partial charge in [0.05, 0.1) is 11.1 Å². The van der Waals surface area contributed by atoms with E-state index in [4.69, 9.17) is 18.9 Å². The third-order valence-electron chi connectivity index (χ3n) is 4.22. The second-order valence-electron chi connectivity index (χ2n) is 6.61. The summed E-state index contributed by atoms with van der Waals surface area (Å²) >= 11 is 3.51. The van der Waals surface area contributed by atoms with Crippen LogP contribution in [-0.2, 0) is 11.4 Å². The molecule has 8 heteroatoms. The summed E-state index contributed by atoms with van der Waals surface area (Å²) < 4.78 is 23.1. The van der Waals surface area contributed by atoms with E-state index in [1.54, 1.807) is 26.2 Å². The quantitative estimate of drug-likeness (QED) is 0.444. The van der Waals surface area contributed by atoms with E-state index in [0.29, 0.717) is 46.2 Å². The lowest BCUT2D eigenvalue weighted by Crippen LogP contribution is -2.22. The lowest BCUT2D eigenvalue weighted by atomic mass is 10.1. The summed E-state index contributed by atoms with van der Waals surface area (Å²) in [6, 6.07) is 11.1. The highest BCUT2D eigenvalue weighted by atomic mass is 79.9. The predicted molar refractivity (Wildman–Crippen MR) is 114 cm³/mol. The van der Waals surface area contributed by atoms with Crippen molar-refractivity contribution in [3.05, 3.63) is 51.5 Å². The highest BCUT2D eigenvalue weighted by molar-refractivity contribution is 9.10. The maximum absolute atomic E-state index is 12.1. The maximum atomic E-state index is 12.1. The molecule has 1 aliphatic heterocycles. The number of fused-ring (bicyclic) bond motifs is 1. The molecule has 0 saturated carbocycles. The lowest BCUT2D eigenvalue weighted by molar-refractivity contribution is -0.124. The topological polar surface area (TPSA) is 81.0 Å². The molecule has 30 heavy (non-hydrogen) atoms. The summed E-state index contributed by atoms with van der Waals surface area (Å²) in [5.74, 6) is 2.08. The fraction of sp³-hybridized carbons (Fsp3) is 0.273. The first-order chi connectivity index (χ1) is 14.4. The van der Waals surface area contributed by atoms with Crippen molar-refractivity contribution in [3.63, 3.8) is 0 Å². The van der Waals surface area contributed by atoms with Crippen LogP contribution < -0.4 is 18.9 Å². The number of amides is 1. The number of nitriles is 1. The van der Waals surface area contributed by atoms with E-state index in [1.807, 2.05) is 31.2 Å². The number of hydrogen-bond acceptors (Lipinski definition) is 6. The van der Waals surface area contributed by atoms with Crippen molar-refractivity contribution in [3.8, 4) is 29.1 Å². The number of ether oxygens (including phenoxy) is 4. The molecule has 1 heterocycles. The summed E-state index contributed by atoms with van der Waals surface area (Å²) in [5, 5.41) is 9.33. The molecule has 0 aliphatic carbocycles. The van der Waals surface area contributed by atoms with Gasteiger partial charge in [-0.2, -0.15) is 5.26 Å². The van der Waals surface area contributed by atoms with E-state index < -0.39 is 0 Å². The first kappa shape index (κ1) is 21.5. The molecule has 0 spiro atoms. The number of likely N-dealkylation sites (N-methyl/N-ethyl adjacent to an activating group) is 1. The van der Waals surface area contributed by atoms with Gasteiger partial charge in [-0.1, -0.05) is 6.07 Å². The van der Waals surface area contributed by atoms with E-state index >= 15 is 0 Å². The van der Waals surface area contributed by atoms with Crippen molar-refractivity contribution < 1.29 is 23.7 Å². The molecule has 0 saturated heterocycles. The summed E-state index contributed by atoms with van der Waals surface area (Å²) in [5.41, 5.74) is 1.59. The van der Waals surface area contributed by atoms with Crippen LogP contribution in [0.5, 0.6) is 23.0 Å². The Morgan fingerprint density at radius 2 is 2.00 bits per heavy atom. The largest absolute Gasteiger partial charge is 0.490 e. The predicted octanol–water partition coefficient (Wildman–Crippen LogP) is 4.15. The summed E-state index contributed by atoms with van der Waals surface area (Å²) in [6.45, 7) is 2.82. The summed E-state index contributed by atoms with van der Waals surface area (Å²) in [6.07, 6.45) is 1.53. The molecule has 0 fully saturated rings. The average Bonchev–Trinajstić information content (AvgIpc) is 3.19. The number of carbonyl (C=O) groups is 1. The van der Waals surface area contributed by atoms with E-state index in [9.17, 15) is 10.1 Å². The first-order valence-corrected chi connectivity index (χ1v) is 10.0. The molecule has 3 rings (SSSR count). The molecule has 0 unspecified atom stereocenters. The fourth-order valence-corrected chi connectivity index (χ4v) is 3.38. The zero-order chi connectivity index (χ0) is 21.7. The van der Waals surface area contributed by atoms with Gasteiger partial charge < -0.3 is 23.8 Å². The third kappa shape index (κ3) is 4.86. The molecule has 0 aromatic heterocycles. The van der Waals surface area contributed by atoms with Crippen LogP contribution in [0.4, 0.5) is 0 Å². The van der Waals surface area contributed by atoms with Gasteiger partial charge in [0, 0.05) is 14.1 Å². The zero-order valence-corrected chi connectivity index (χ0v) is 18.5. The van der Waals surface area contributed by atoms with Crippen molar-refractivity contribution in [1.82, 2.24) is 4.90 Å². The number of rotatable bonds is 7. The number of hydrogen-bond donors (Lipinski definition) is 0. The van der Waals surface area contributed by atoms with Crippen LogP contribution in [0, 0.1) is 11.3 Å². The van der Waals surface area contributed by atoms with Crippen molar-refractivity contribution in [1.29, 1.82) is 5.26 Å². The second kappa shape index (κ2) is 9.55. The second-order valence-corrected chi connectivity index (χ2v) is 7.46. The maximum Gasteiger partial charge on any atom is 0.264 e. The molecule has 156 valence electrons. The van der Waals surface area contributed by atoms with Crippen molar-refractivity contribution in [2.45, 2.75) is 13.5 Å². The van der Waals surface area contributed by atoms with Gasteiger partial charge in [0.15, 0.2) is 23.0 Å². The Kier molecular flexibility index (Phi) is 6.85. The minimum Gasteiger partial charge on any atom is -0.490 e. The molecule has 2 aromatic rings. The van der Waals surface area contributed by atoms with Gasteiger partial charge in [0.2, 0.25) is 6.79 Å². The van der Waals surface area contributed by atoms with Crippen LogP contribution in [0.25, 0.3) is 6.08 Å². The Bertz CT molecular complexity index is 1030. The van der Waals surface area contributed by atoms with Crippen LogP contribution in [0.3, 0.4) is 0 Å². The molecule has 0 radical (unpaired) electrons. The van der Waals surface area contributed by atoms with E-state index in [0.717, 1.165) is 5.56 Å². The van der Waals surface area contributed by atoms with Crippen LogP contribution >= 0.6 is 15.9 Å². The minimum atomic E-state index is -0.366. The Balaban J connectivity index is 1.86. The van der Waals surface area contributed by atoms with Crippen LogP contribution in [0.2, 0.25) is 0 Å². The van der Waals surface area contributed by atoms with Crippen LogP contribution in [0.15, 0.2) is 40.4 Å². The molecule has 0 N–H and O–H groups in total. The van der Waals surface area contributed by atoms with Gasteiger partial charge in [-0.05, 0) is 64.3 Å². The summed E-state index contributed by atoms with van der Waals surface area (Å²) in [4.78, 5) is 13.5. The fourth-order valence-electron chi connectivity index (χ4n) is 2.81. The van der Waals surface area contributed by atoms with Gasteiger partial charge in [0.25, 0.3) is 5.91 Å². The standard InChI is InChI=1S/C22H21BrN2O5/c1-4-27-20-10-15(7-16(11-24)22(26)25(2)3)8-17(23)21(20)28-12-14-5-6-18-19(9-14)30-13-29-18/h5-10H,4,12-13H2,1-3H3/b16-7-. The Morgan fingerprint density at radius 3 is 2.70 bits per heavy atom. The van der Waals surface area contributed by atoms with E-state index in [2.05, 4.69) is 15.9 Å². The molecule has 7 nitrogen and oxygen atoms in total. The van der Waals surface area contributed by atoms with E-state index in [-0.39, 0.29) is 18.3 Å². The average molecular weight is 473 g/mol. The number of halogens is 1. The molecule has 2 aromatic carbocycles. The molecule has 0 bridgehead atoms. The Morgan fingerprint density at radius 1 is 1.23 bits per heavy atom. The normalized spacial score (nSPS) is 12.3. The van der Waals surface area contributed by atoms with Gasteiger partial charge in [-0.3, -0.25) is 4.79 Å². The first-order valence-electron chi connectivity index (χ1n) is 9.24. The smallest absolute Gasteiger partial charge is 0.264 e. The number of carbonyl (C=O) groups excluding carboxylic acids is 1. The van der Waals surface area contributed by atoms with Gasteiger partial charge in [-0.25, -0.2) is 0 Å². The van der Waals surface area contributed by atoms with Crippen LogP contribution in [-0.4, -0.2) is 38.3 Å². The molecule has 1 amide bonds. The zero-order valence-electron chi connectivity index (χ0n) is 16.9. The highest BCUT2D eigenvalue weighted by Crippen LogP contribution is 2.39. The van der Waals surface area contributed by atoms with Crippen molar-refractivity contribution in [2.75, 3.05) is 27.5 Å². The van der Waals surface area contributed by atoms with Crippen molar-refractivity contribution >= 4 is 27.9 Å².